The molecule has 6 heteroatoms. The van der Waals surface area contributed by atoms with Gasteiger partial charge >= 0.3 is 5.97 Å². The molecular weight excluding hydrogens is 330 g/mol. The Hall–Kier alpha value is -2.79. The van der Waals surface area contributed by atoms with Gasteiger partial charge in [-0.2, -0.15) is 0 Å². The Labute approximate surface area is 144 Å². The lowest BCUT2D eigenvalue weighted by atomic mass is 10.2. The first-order chi connectivity index (χ1) is 11.6. The number of benzene rings is 2. The monoisotopic (exact) mass is 345 g/mol. The highest BCUT2D eigenvalue weighted by Crippen LogP contribution is 2.27. The highest BCUT2D eigenvalue weighted by atomic mass is 35.5. The zero-order chi connectivity index (χ0) is 17.4. The number of hydrogen-bond donors (Lipinski definition) is 1. The minimum absolute atomic E-state index is 0.373. The molecule has 0 radical (unpaired) electrons. The Kier molecular flexibility index (Phi) is 6.40. The molecule has 1 N–H and O–H groups in total. The second-order valence-corrected chi connectivity index (χ2v) is 5.16. The summed E-state index contributed by atoms with van der Waals surface area (Å²) in [6.45, 7) is -0.387. The van der Waals surface area contributed by atoms with Gasteiger partial charge in [-0.15, -0.1) is 0 Å². The summed E-state index contributed by atoms with van der Waals surface area (Å²) in [5, 5.41) is 2.96. The molecule has 124 valence electrons. The average molecular weight is 346 g/mol. The summed E-state index contributed by atoms with van der Waals surface area (Å²) in [5.41, 5.74) is 1.36. The van der Waals surface area contributed by atoms with E-state index in [1.54, 1.807) is 24.3 Å². The summed E-state index contributed by atoms with van der Waals surface area (Å²) < 4.78 is 9.90. The van der Waals surface area contributed by atoms with Crippen LogP contribution in [0.25, 0.3) is 6.08 Å². The first-order valence-corrected chi connectivity index (χ1v) is 7.49. The van der Waals surface area contributed by atoms with Crippen molar-refractivity contribution in [1.29, 1.82) is 0 Å². The summed E-state index contributed by atoms with van der Waals surface area (Å²) in [6.07, 6.45) is 2.89. The molecular formula is C18H16ClNO4. The fraction of sp³-hybridized carbons (Fsp3) is 0.111. The molecule has 5 nitrogen and oxygen atoms in total. The second-order valence-electron chi connectivity index (χ2n) is 4.75. The molecule has 0 aliphatic heterocycles. The van der Waals surface area contributed by atoms with E-state index in [9.17, 15) is 9.59 Å². The molecule has 24 heavy (non-hydrogen) atoms. The zero-order valence-electron chi connectivity index (χ0n) is 13.0. The van der Waals surface area contributed by atoms with Crippen LogP contribution in [-0.4, -0.2) is 25.6 Å². The van der Waals surface area contributed by atoms with Gasteiger partial charge in [-0.1, -0.05) is 41.9 Å². The quantitative estimate of drug-likeness (QED) is 0.642. The summed E-state index contributed by atoms with van der Waals surface area (Å²) in [6, 6.07) is 14.1. The Bertz CT molecular complexity index is 744. The zero-order valence-corrected chi connectivity index (χ0v) is 13.7. The van der Waals surface area contributed by atoms with Crippen molar-refractivity contribution in [1.82, 2.24) is 0 Å². The van der Waals surface area contributed by atoms with Crippen LogP contribution in [0.5, 0.6) is 5.75 Å². The molecule has 0 aromatic heterocycles. The van der Waals surface area contributed by atoms with E-state index in [1.807, 2.05) is 30.3 Å². The Balaban J connectivity index is 1.81. The van der Waals surface area contributed by atoms with Gasteiger partial charge in [0.2, 0.25) is 0 Å². The predicted molar refractivity (Wildman–Crippen MR) is 93.1 cm³/mol. The highest BCUT2D eigenvalue weighted by Gasteiger charge is 2.07. The third kappa shape index (κ3) is 5.44. The number of anilines is 1. The predicted octanol–water partition coefficient (Wildman–Crippen LogP) is 3.54. The number of amides is 1. The normalized spacial score (nSPS) is 10.4. The van der Waals surface area contributed by atoms with Crippen LogP contribution in [0.4, 0.5) is 5.69 Å². The number of nitrogens with one attached hydrogen (secondary N) is 1. The van der Waals surface area contributed by atoms with E-state index in [1.165, 1.54) is 13.2 Å². The maximum Gasteiger partial charge on any atom is 0.331 e. The van der Waals surface area contributed by atoms with Gasteiger partial charge in [0, 0.05) is 11.8 Å². The SMILES string of the molecule is COc1ccc(NC(=O)COC(=O)C=Cc2ccccc2)cc1Cl. The lowest BCUT2D eigenvalue weighted by Gasteiger charge is -2.08. The fourth-order valence-electron chi connectivity index (χ4n) is 1.85. The summed E-state index contributed by atoms with van der Waals surface area (Å²) in [4.78, 5) is 23.4. The molecule has 0 atom stereocenters. The minimum atomic E-state index is -0.596. The van der Waals surface area contributed by atoms with Crippen LogP contribution in [0.15, 0.2) is 54.6 Å². The van der Waals surface area contributed by atoms with Crippen LogP contribution in [0.2, 0.25) is 5.02 Å². The van der Waals surface area contributed by atoms with Gasteiger partial charge in [-0.05, 0) is 29.8 Å². The van der Waals surface area contributed by atoms with Gasteiger partial charge in [0.05, 0.1) is 12.1 Å². The maximum absolute atomic E-state index is 11.8. The van der Waals surface area contributed by atoms with E-state index < -0.39 is 11.9 Å². The molecule has 0 saturated carbocycles. The van der Waals surface area contributed by atoms with Crippen molar-refractivity contribution >= 4 is 35.2 Å². The molecule has 2 aromatic rings. The third-order valence-electron chi connectivity index (χ3n) is 2.99. The number of ether oxygens (including phenoxy) is 2. The molecule has 0 unspecified atom stereocenters. The minimum Gasteiger partial charge on any atom is -0.495 e. The molecule has 2 aromatic carbocycles. The summed E-state index contributed by atoms with van der Waals surface area (Å²) in [7, 11) is 1.50. The van der Waals surface area contributed by atoms with Crippen molar-refractivity contribution in [3.05, 3.63) is 65.2 Å². The molecule has 1 amide bonds. The molecule has 0 aliphatic carbocycles. The van der Waals surface area contributed by atoms with Crippen molar-refractivity contribution in [2.45, 2.75) is 0 Å². The van der Waals surface area contributed by atoms with Crippen molar-refractivity contribution < 1.29 is 19.1 Å². The molecule has 2 rings (SSSR count). The van der Waals surface area contributed by atoms with Gasteiger partial charge < -0.3 is 14.8 Å². The van der Waals surface area contributed by atoms with E-state index in [2.05, 4.69) is 5.32 Å². The number of methoxy groups -OCH3 is 1. The van der Waals surface area contributed by atoms with Gasteiger partial charge in [-0.25, -0.2) is 4.79 Å². The van der Waals surface area contributed by atoms with Crippen molar-refractivity contribution in [3.8, 4) is 5.75 Å². The number of carbonyl (C=O) groups excluding carboxylic acids is 2. The van der Waals surface area contributed by atoms with Crippen molar-refractivity contribution in [3.63, 3.8) is 0 Å². The average Bonchev–Trinajstić information content (AvgIpc) is 2.59. The highest BCUT2D eigenvalue weighted by molar-refractivity contribution is 6.32. The van der Waals surface area contributed by atoms with Crippen molar-refractivity contribution in [2.24, 2.45) is 0 Å². The summed E-state index contributed by atoms with van der Waals surface area (Å²) >= 11 is 5.97. The van der Waals surface area contributed by atoms with Crippen LogP contribution in [-0.2, 0) is 14.3 Å². The van der Waals surface area contributed by atoms with Crippen LogP contribution in [0, 0.1) is 0 Å². The lowest BCUT2D eigenvalue weighted by molar-refractivity contribution is -0.142. The third-order valence-corrected chi connectivity index (χ3v) is 3.29. The smallest absolute Gasteiger partial charge is 0.331 e. The van der Waals surface area contributed by atoms with Crippen LogP contribution in [0.3, 0.4) is 0 Å². The van der Waals surface area contributed by atoms with E-state index in [-0.39, 0.29) is 6.61 Å². The van der Waals surface area contributed by atoms with Crippen molar-refractivity contribution in [2.75, 3.05) is 19.0 Å². The van der Waals surface area contributed by atoms with Crippen LogP contribution >= 0.6 is 11.6 Å². The largest absolute Gasteiger partial charge is 0.495 e. The maximum atomic E-state index is 11.8. The van der Waals surface area contributed by atoms with E-state index in [0.29, 0.717) is 16.5 Å². The van der Waals surface area contributed by atoms with Gasteiger partial charge in [0.1, 0.15) is 5.75 Å². The van der Waals surface area contributed by atoms with Crippen LogP contribution in [0.1, 0.15) is 5.56 Å². The van der Waals surface area contributed by atoms with Crippen LogP contribution < -0.4 is 10.1 Å². The molecule has 0 heterocycles. The standard InChI is InChI=1S/C18H16ClNO4/c1-23-16-9-8-14(11-15(16)19)20-17(21)12-24-18(22)10-7-13-5-3-2-4-6-13/h2-11H,12H2,1H3,(H,20,21). The summed E-state index contributed by atoms with van der Waals surface area (Å²) in [5.74, 6) is -0.549. The number of esters is 1. The molecule has 0 saturated heterocycles. The number of halogens is 1. The van der Waals surface area contributed by atoms with E-state index in [4.69, 9.17) is 21.1 Å². The molecule has 0 bridgehead atoms. The lowest BCUT2D eigenvalue weighted by Crippen LogP contribution is -2.20. The second kappa shape index (κ2) is 8.74. The Morgan fingerprint density at radius 2 is 1.92 bits per heavy atom. The van der Waals surface area contributed by atoms with Gasteiger partial charge in [0.15, 0.2) is 6.61 Å². The number of rotatable bonds is 6. The van der Waals surface area contributed by atoms with Gasteiger partial charge in [0.25, 0.3) is 5.91 Å². The first kappa shape index (κ1) is 17.6. The van der Waals surface area contributed by atoms with E-state index in [0.717, 1.165) is 5.56 Å². The topological polar surface area (TPSA) is 64.6 Å². The van der Waals surface area contributed by atoms with Gasteiger partial charge in [-0.3, -0.25) is 4.79 Å². The Morgan fingerprint density at radius 3 is 2.58 bits per heavy atom. The number of hydrogen-bond acceptors (Lipinski definition) is 4. The first-order valence-electron chi connectivity index (χ1n) is 7.12. The van der Waals surface area contributed by atoms with E-state index >= 15 is 0 Å². The Morgan fingerprint density at radius 1 is 1.17 bits per heavy atom. The molecule has 0 spiro atoms. The fourth-order valence-corrected chi connectivity index (χ4v) is 2.11. The number of carbonyl (C=O) groups is 2. The molecule has 0 fully saturated rings. The molecule has 0 aliphatic rings.